The molecule has 4 aromatic rings. The minimum atomic E-state index is -1.47. The highest BCUT2D eigenvalue weighted by atomic mass is 16.5. The summed E-state index contributed by atoms with van der Waals surface area (Å²) >= 11 is 0. The minimum absolute atomic E-state index is 0.0884. The average molecular weight is 919 g/mol. The lowest BCUT2D eigenvalue weighted by Gasteiger charge is -2.46. The number of carbonyl (C=O) groups is 1. The van der Waals surface area contributed by atoms with Crippen molar-refractivity contribution in [1.29, 1.82) is 0 Å². The average Bonchev–Trinajstić information content (AvgIpc) is 3.12. The van der Waals surface area contributed by atoms with Gasteiger partial charge in [0.2, 0.25) is 0 Å². The molecule has 0 spiro atoms. The Labute approximate surface area is 407 Å². The van der Waals surface area contributed by atoms with Crippen molar-refractivity contribution < 1.29 is 30.0 Å². The van der Waals surface area contributed by atoms with E-state index in [0.29, 0.717) is 16.7 Å². The van der Waals surface area contributed by atoms with Gasteiger partial charge in [0.15, 0.2) is 0 Å². The second-order valence-electron chi connectivity index (χ2n) is 27.8. The van der Waals surface area contributed by atoms with Gasteiger partial charge in [0.05, 0.1) is 5.41 Å². The van der Waals surface area contributed by atoms with Crippen LogP contribution in [0.5, 0.6) is 23.0 Å². The predicted octanol–water partition coefficient (Wildman–Crippen LogP) is 15.9. The first kappa shape index (κ1) is 55.1. The molecule has 0 aliphatic carbocycles. The number of hydrogen-bond donors (Lipinski definition) is 4. The standard InChI is InChI=1S/C61H90O6/c1-26-47(62)67-52(35-27-39(53(2,3)4)48(63)40(28-35)54(5,6)7)61(36-29-41(55(8,9)10)49(64)42(30-36)56(11,12)13,37-31-43(57(14,15)16)50(65)44(32-37)58(17,18)19)38-33-45(59(20,21)22)51(66)46(34-38)60(23,24)25/h27-34,52,63-66H,26H2,1-25H3. The largest absolute Gasteiger partial charge is 0.507 e. The third kappa shape index (κ3) is 10.9. The molecule has 0 amide bonds. The van der Waals surface area contributed by atoms with Gasteiger partial charge in [0, 0.05) is 6.42 Å². The Morgan fingerprint density at radius 2 is 0.552 bits per heavy atom. The molecule has 0 fully saturated rings. The number of phenols is 4. The van der Waals surface area contributed by atoms with Gasteiger partial charge in [-0.2, -0.15) is 0 Å². The fraction of sp³-hybridized carbons (Fsp3) is 0.590. The Bertz CT molecular complexity index is 2160. The van der Waals surface area contributed by atoms with E-state index < -0.39 is 60.8 Å². The van der Waals surface area contributed by atoms with Crippen molar-refractivity contribution in [3.8, 4) is 23.0 Å². The molecule has 4 aromatic carbocycles. The molecule has 6 nitrogen and oxygen atoms in total. The number of benzene rings is 4. The van der Waals surface area contributed by atoms with Gasteiger partial charge in [-0.3, -0.25) is 4.79 Å². The number of esters is 1. The molecule has 0 aromatic heterocycles. The molecule has 67 heavy (non-hydrogen) atoms. The van der Waals surface area contributed by atoms with E-state index in [0.717, 1.165) is 50.1 Å². The first-order valence-corrected chi connectivity index (χ1v) is 24.5. The maximum absolute atomic E-state index is 14.7. The van der Waals surface area contributed by atoms with Crippen molar-refractivity contribution >= 4 is 5.97 Å². The van der Waals surface area contributed by atoms with Crippen LogP contribution in [0.4, 0.5) is 0 Å². The molecule has 0 radical (unpaired) electrons. The van der Waals surface area contributed by atoms with Crippen LogP contribution in [0.25, 0.3) is 0 Å². The number of hydrogen-bond acceptors (Lipinski definition) is 6. The fourth-order valence-corrected chi connectivity index (χ4v) is 9.54. The Morgan fingerprint density at radius 1 is 0.373 bits per heavy atom. The number of carbonyl (C=O) groups excluding carboxylic acids is 1. The first-order valence-electron chi connectivity index (χ1n) is 24.5. The normalized spacial score (nSPS) is 14.3. The van der Waals surface area contributed by atoms with Crippen LogP contribution < -0.4 is 0 Å². The summed E-state index contributed by atoms with van der Waals surface area (Å²) in [6, 6.07) is 16.7. The monoisotopic (exact) mass is 919 g/mol. The molecule has 0 heterocycles. The zero-order valence-corrected chi connectivity index (χ0v) is 46.5. The van der Waals surface area contributed by atoms with Crippen LogP contribution in [-0.2, 0) is 58.3 Å². The molecule has 1 unspecified atom stereocenters. The molecular formula is C61H90O6. The third-order valence-corrected chi connectivity index (χ3v) is 13.5. The Morgan fingerprint density at radius 3 is 0.716 bits per heavy atom. The highest BCUT2D eigenvalue weighted by molar-refractivity contribution is 5.72. The topological polar surface area (TPSA) is 107 Å². The van der Waals surface area contributed by atoms with Crippen LogP contribution in [0.2, 0.25) is 0 Å². The van der Waals surface area contributed by atoms with Crippen molar-refractivity contribution in [3.05, 3.63) is 115 Å². The van der Waals surface area contributed by atoms with Gasteiger partial charge in [0.1, 0.15) is 29.1 Å². The van der Waals surface area contributed by atoms with E-state index >= 15 is 0 Å². The van der Waals surface area contributed by atoms with Crippen LogP contribution in [0.3, 0.4) is 0 Å². The van der Waals surface area contributed by atoms with Gasteiger partial charge in [-0.1, -0.05) is 209 Å². The van der Waals surface area contributed by atoms with Crippen molar-refractivity contribution in [2.75, 3.05) is 0 Å². The number of rotatable bonds is 7. The molecule has 0 aliphatic heterocycles. The Hall–Kier alpha value is -4.45. The minimum Gasteiger partial charge on any atom is -0.507 e. The molecule has 0 aliphatic rings. The van der Waals surface area contributed by atoms with Crippen molar-refractivity contribution in [3.63, 3.8) is 0 Å². The van der Waals surface area contributed by atoms with Crippen LogP contribution in [0, 0.1) is 0 Å². The molecule has 6 heteroatoms. The van der Waals surface area contributed by atoms with Gasteiger partial charge in [0.25, 0.3) is 0 Å². The molecular weight excluding hydrogens is 829 g/mol. The van der Waals surface area contributed by atoms with Crippen LogP contribution in [0.1, 0.15) is 252 Å². The summed E-state index contributed by atoms with van der Waals surface area (Å²) < 4.78 is 7.23. The summed E-state index contributed by atoms with van der Waals surface area (Å²) in [4.78, 5) is 14.7. The van der Waals surface area contributed by atoms with E-state index in [-0.39, 0.29) is 29.4 Å². The van der Waals surface area contributed by atoms with Gasteiger partial charge in [-0.05, 0) is 122 Å². The molecule has 1 atom stereocenters. The van der Waals surface area contributed by atoms with Gasteiger partial charge in [-0.25, -0.2) is 0 Å². The van der Waals surface area contributed by atoms with E-state index in [9.17, 15) is 25.2 Å². The van der Waals surface area contributed by atoms with E-state index in [1.165, 1.54) is 0 Å². The summed E-state index contributed by atoms with van der Waals surface area (Å²) in [7, 11) is 0. The Kier molecular flexibility index (Phi) is 14.4. The molecule has 4 rings (SSSR count). The maximum Gasteiger partial charge on any atom is 0.306 e. The fourth-order valence-electron chi connectivity index (χ4n) is 9.54. The van der Waals surface area contributed by atoms with Crippen molar-refractivity contribution in [2.45, 2.75) is 234 Å². The molecule has 0 saturated heterocycles. The van der Waals surface area contributed by atoms with Gasteiger partial charge < -0.3 is 25.2 Å². The van der Waals surface area contributed by atoms with E-state index in [4.69, 9.17) is 4.74 Å². The summed E-state index contributed by atoms with van der Waals surface area (Å²) in [5, 5.41) is 49.8. The van der Waals surface area contributed by atoms with Crippen LogP contribution >= 0.6 is 0 Å². The third-order valence-electron chi connectivity index (χ3n) is 13.5. The number of ether oxygens (including phenoxy) is 1. The smallest absolute Gasteiger partial charge is 0.306 e. The molecule has 4 N–H and O–H groups in total. The first-order chi connectivity index (χ1) is 29.8. The number of aromatic hydroxyl groups is 4. The van der Waals surface area contributed by atoms with Crippen LogP contribution in [0.15, 0.2) is 48.5 Å². The second kappa shape index (κ2) is 17.5. The van der Waals surface area contributed by atoms with E-state index in [1.54, 1.807) is 6.92 Å². The van der Waals surface area contributed by atoms with Crippen LogP contribution in [-0.4, -0.2) is 26.4 Å². The summed E-state index contributed by atoms with van der Waals surface area (Å²) in [6.45, 7) is 52.2. The van der Waals surface area contributed by atoms with Gasteiger partial charge >= 0.3 is 5.97 Å². The molecule has 0 saturated carbocycles. The molecule has 0 bridgehead atoms. The lowest BCUT2D eigenvalue weighted by atomic mass is 9.59. The lowest BCUT2D eigenvalue weighted by Crippen LogP contribution is -2.41. The summed E-state index contributed by atoms with van der Waals surface area (Å²) in [6.07, 6.45) is -1.03. The van der Waals surface area contributed by atoms with E-state index in [1.807, 2.05) is 12.1 Å². The summed E-state index contributed by atoms with van der Waals surface area (Å²) in [5.74, 6) is 0.417. The number of phenolic OH excluding ortho intramolecular Hbond substituents is 4. The van der Waals surface area contributed by atoms with Crippen molar-refractivity contribution in [2.24, 2.45) is 0 Å². The predicted molar refractivity (Wildman–Crippen MR) is 281 cm³/mol. The quantitative estimate of drug-likeness (QED) is 0.109. The zero-order valence-electron chi connectivity index (χ0n) is 46.5. The highest BCUT2D eigenvalue weighted by Crippen LogP contribution is 2.58. The zero-order chi connectivity index (χ0) is 52.0. The van der Waals surface area contributed by atoms with E-state index in [2.05, 4.69) is 203 Å². The molecule has 370 valence electrons. The maximum atomic E-state index is 14.7. The Balaban J connectivity index is 2.78. The SMILES string of the molecule is CCC(=O)OC(c1cc(C(C)(C)C)c(O)c(C(C)(C)C)c1)C(c1cc(C(C)(C)C)c(O)c(C(C)(C)C)c1)(c1cc(C(C)(C)C)c(O)c(C(C)(C)C)c1)c1cc(C(C)(C)C)c(O)c(C(C)(C)C)c1. The highest BCUT2D eigenvalue weighted by Gasteiger charge is 2.51. The van der Waals surface area contributed by atoms with Gasteiger partial charge in [-0.15, -0.1) is 0 Å². The summed E-state index contributed by atoms with van der Waals surface area (Å²) in [5.41, 5.74) is 2.95. The van der Waals surface area contributed by atoms with Crippen molar-refractivity contribution in [1.82, 2.24) is 0 Å². The second-order valence-corrected chi connectivity index (χ2v) is 27.8. The lowest BCUT2D eigenvalue weighted by molar-refractivity contribution is -0.151.